The molecule has 0 bridgehead atoms. The minimum Gasteiger partial charge on any atom is -0.454 e. The number of benzene rings is 1. The van der Waals surface area contributed by atoms with Crippen LogP contribution in [-0.4, -0.2) is 36.6 Å². The number of Topliss-reactive ketones (excluding diaryl/α,β-unsaturated/α-hetero) is 1. The summed E-state index contributed by atoms with van der Waals surface area (Å²) in [6.45, 7) is 2.24. The van der Waals surface area contributed by atoms with E-state index in [9.17, 15) is 4.79 Å². The van der Waals surface area contributed by atoms with Crippen LogP contribution in [0, 0.1) is 0 Å². The van der Waals surface area contributed by atoms with Gasteiger partial charge in [-0.3, -0.25) is 9.69 Å². The summed E-state index contributed by atoms with van der Waals surface area (Å²) in [4.78, 5) is 14.9. The summed E-state index contributed by atoms with van der Waals surface area (Å²) in [5.41, 5.74) is 0.703. The quantitative estimate of drug-likeness (QED) is 0.798. The maximum atomic E-state index is 12.7. The fourth-order valence-electron chi connectivity index (χ4n) is 3.28. The molecule has 4 nitrogen and oxygen atoms in total. The maximum Gasteiger partial charge on any atom is 0.231 e. The van der Waals surface area contributed by atoms with Crippen LogP contribution in [0.2, 0.25) is 0 Å². The summed E-state index contributed by atoms with van der Waals surface area (Å²) in [5.74, 6) is 1.55. The van der Waals surface area contributed by atoms with Gasteiger partial charge in [0.2, 0.25) is 6.79 Å². The molecule has 1 aromatic carbocycles. The van der Waals surface area contributed by atoms with Gasteiger partial charge in [-0.25, -0.2) is 0 Å². The first kappa shape index (κ1) is 14.4. The Kier molecular flexibility index (Phi) is 4.15. The fourth-order valence-corrected chi connectivity index (χ4v) is 3.28. The molecule has 1 aromatic rings. The Labute approximate surface area is 126 Å². The molecule has 2 aliphatic rings. The summed E-state index contributed by atoms with van der Waals surface area (Å²) in [6, 6.07) is 5.89. The number of rotatable bonds is 4. The SMILES string of the molecule is CC(C(=O)c1ccc2c(c1)OCO2)N(C)C1CCCCC1. The van der Waals surface area contributed by atoms with E-state index in [2.05, 4.69) is 11.9 Å². The highest BCUT2D eigenvalue weighted by atomic mass is 16.7. The summed E-state index contributed by atoms with van der Waals surface area (Å²) in [5, 5.41) is 0. The van der Waals surface area contributed by atoms with E-state index < -0.39 is 0 Å². The third-order valence-electron chi connectivity index (χ3n) is 4.80. The summed E-state index contributed by atoms with van der Waals surface area (Å²) in [6.07, 6.45) is 6.29. The molecule has 0 N–H and O–H groups in total. The zero-order valence-electron chi connectivity index (χ0n) is 12.8. The maximum absolute atomic E-state index is 12.7. The molecule has 1 aliphatic heterocycles. The Morgan fingerprint density at radius 3 is 2.67 bits per heavy atom. The highest BCUT2D eigenvalue weighted by Crippen LogP contribution is 2.33. The number of carbonyl (C=O) groups excluding carboxylic acids is 1. The van der Waals surface area contributed by atoms with Crippen molar-refractivity contribution >= 4 is 5.78 Å². The Morgan fingerprint density at radius 1 is 1.19 bits per heavy atom. The van der Waals surface area contributed by atoms with Gasteiger partial charge in [0.15, 0.2) is 17.3 Å². The van der Waals surface area contributed by atoms with E-state index in [4.69, 9.17) is 9.47 Å². The molecule has 1 aliphatic carbocycles. The van der Waals surface area contributed by atoms with Crippen molar-refractivity contribution in [2.45, 2.75) is 51.1 Å². The van der Waals surface area contributed by atoms with Crippen molar-refractivity contribution in [3.63, 3.8) is 0 Å². The Morgan fingerprint density at radius 2 is 1.90 bits per heavy atom. The molecule has 1 heterocycles. The van der Waals surface area contributed by atoms with Gasteiger partial charge >= 0.3 is 0 Å². The van der Waals surface area contributed by atoms with E-state index in [-0.39, 0.29) is 18.6 Å². The minimum absolute atomic E-state index is 0.103. The lowest BCUT2D eigenvalue weighted by molar-refractivity contribution is 0.0778. The fraction of sp³-hybridized carbons (Fsp3) is 0.588. The van der Waals surface area contributed by atoms with Crippen molar-refractivity contribution < 1.29 is 14.3 Å². The van der Waals surface area contributed by atoms with Crippen LogP contribution in [0.5, 0.6) is 11.5 Å². The average Bonchev–Trinajstić information content (AvgIpc) is 3.01. The van der Waals surface area contributed by atoms with Gasteiger partial charge in [-0.05, 0) is 45.0 Å². The first-order valence-corrected chi connectivity index (χ1v) is 7.82. The number of hydrogen-bond donors (Lipinski definition) is 0. The molecule has 1 saturated carbocycles. The van der Waals surface area contributed by atoms with Crippen LogP contribution in [0.15, 0.2) is 18.2 Å². The van der Waals surface area contributed by atoms with Crippen LogP contribution in [0.1, 0.15) is 49.4 Å². The van der Waals surface area contributed by atoms with Crippen molar-refractivity contribution in [2.24, 2.45) is 0 Å². The number of ether oxygens (including phenoxy) is 2. The second kappa shape index (κ2) is 6.06. The topological polar surface area (TPSA) is 38.8 Å². The first-order valence-electron chi connectivity index (χ1n) is 7.82. The smallest absolute Gasteiger partial charge is 0.231 e. The first-order chi connectivity index (χ1) is 10.2. The molecule has 3 rings (SSSR count). The lowest BCUT2D eigenvalue weighted by atomic mass is 9.92. The molecule has 0 saturated heterocycles. The summed E-state index contributed by atoms with van der Waals surface area (Å²) < 4.78 is 10.7. The molecule has 0 radical (unpaired) electrons. The third kappa shape index (κ3) is 2.91. The van der Waals surface area contributed by atoms with E-state index in [1.165, 1.54) is 32.1 Å². The van der Waals surface area contributed by atoms with Crippen LogP contribution in [0.4, 0.5) is 0 Å². The second-order valence-corrected chi connectivity index (χ2v) is 6.07. The van der Waals surface area contributed by atoms with E-state index in [1.54, 1.807) is 6.07 Å². The van der Waals surface area contributed by atoms with Gasteiger partial charge in [0.25, 0.3) is 0 Å². The van der Waals surface area contributed by atoms with Gasteiger partial charge in [-0.15, -0.1) is 0 Å². The molecule has 1 fully saturated rings. The average molecular weight is 289 g/mol. The Hall–Kier alpha value is -1.55. The summed E-state index contributed by atoms with van der Waals surface area (Å²) >= 11 is 0. The van der Waals surface area contributed by atoms with Gasteiger partial charge < -0.3 is 9.47 Å². The van der Waals surface area contributed by atoms with Crippen molar-refractivity contribution in [1.29, 1.82) is 0 Å². The number of nitrogens with zero attached hydrogens (tertiary/aromatic N) is 1. The Bertz CT molecular complexity index is 523. The zero-order valence-corrected chi connectivity index (χ0v) is 12.8. The molecule has 1 unspecified atom stereocenters. The lowest BCUT2D eigenvalue weighted by Crippen LogP contribution is -2.43. The lowest BCUT2D eigenvalue weighted by Gasteiger charge is -2.34. The second-order valence-electron chi connectivity index (χ2n) is 6.07. The number of ketones is 1. The predicted octanol–water partition coefficient (Wildman–Crippen LogP) is 3.25. The van der Waals surface area contributed by atoms with E-state index in [0.717, 1.165) is 5.75 Å². The Balaban J connectivity index is 1.71. The van der Waals surface area contributed by atoms with Crippen LogP contribution in [-0.2, 0) is 0 Å². The number of fused-ring (bicyclic) bond motifs is 1. The third-order valence-corrected chi connectivity index (χ3v) is 4.80. The highest BCUT2D eigenvalue weighted by Gasteiger charge is 2.27. The van der Waals surface area contributed by atoms with Crippen molar-refractivity contribution in [1.82, 2.24) is 4.90 Å². The molecule has 0 amide bonds. The summed E-state index contributed by atoms with van der Waals surface area (Å²) in [7, 11) is 2.07. The normalized spacial score (nSPS) is 19.8. The van der Waals surface area contributed by atoms with Crippen LogP contribution in [0.25, 0.3) is 0 Å². The largest absolute Gasteiger partial charge is 0.454 e. The molecule has 1 atom stereocenters. The van der Waals surface area contributed by atoms with Crippen LogP contribution in [0.3, 0.4) is 0 Å². The molecule has 0 aromatic heterocycles. The number of carbonyl (C=O) groups is 1. The van der Waals surface area contributed by atoms with Gasteiger partial charge in [0.1, 0.15) is 0 Å². The van der Waals surface area contributed by atoms with Crippen LogP contribution < -0.4 is 9.47 Å². The molecular weight excluding hydrogens is 266 g/mol. The monoisotopic (exact) mass is 289 g/mol. The van der Waals surface area contributed by atoms with E-state index in [1.807, 2.05) is 19.1 Å². The van der Waals surface area contributed by atoms with Crippen molar-refractivity contribution in [2.75, 3.05) is 13.8 Å². The standard InChI is InChI=1S/C17H23NO3/c1-12(18(2)14-6-4-3-5-7-14)17(19)13-8-9-15-16(10-13)21-11-20-15/h8-10,12,14H,3-7,11H2,1-2H3. The minimum atomic E-state index is -0.103. The molecule has 114 valence electrons. The van der Waals surface area contributed by atoms with E-state index in [0.29, 0.717) is 17.4 Å². The zero-order chi connectivity index (χ0) is 14.8. The van der Waals surface area contributed by atoms with Gasteiger partial charge in [-0.1, -0.05) is 19.3 Å². The highest BCUT2D eigenvalue weighted by molar-refractivity contribution is 6.00. The van der Waals surface area contributed by atoms with Crippen molar-refractivity contribution in [3.8, 4) is 11.5 Å². The van der Waals surface area contributed by atoms with Crippen LogP contribution >= 0.6 is 0 Å². The van der Waals surface area contributed by atoms with Gasteiger partial charge in [-0.2, -0.15) is 0 Å². The predicted molar refractivity (Wildman–Crippen MR) is 81.0 cm³/mol. The molecule has 0 spiro atoms. The number of hydrogen-bond acceptors (Lipinski definition) is 4. The van der Waals surface area contributed by atoms with Gasteiger partial charge in [0.05, 0.1) is 6.04 Å². The van der Waals surface area contributed by atoms with E-state index >= 15 is 0 Å². The van der Waals surface area contributed by atoms with Crippen molar-refractivity contribution in [3.05, 3.63) is 23.8 Å². The molecule has 4 heteroatoms. The molecular formula is C17H23NO3. The molecule has 21 heavy (non-hydrogen) atoms. The number of likely N-dealkylation sites (N-methyl/N-ethyl adjacent to an activating group) is 1. The van der Waals surface area contributed by atoms with Gasteiger partial charge in [0, 0.05) is 11.6 Å².